The molecule has 2 amide bonds. The number of benzene rings is 2. The number of aromatic nitrogens is 1. The minimum Gasteiger partial charge on any atom is -0.493 e. The molecule has 3 rings (SSSR count). The molecule has 0 saturated heterocycles. The summed E-state index contributed by atoms with van der Waals surface area (Å²) in [6.07, 6.45) is 1.91. The van der Waals surface area contributed by atoms with E-state index in [4.69, 9.17) is 9.47 Å². The first-order valence-electron chi connectivity index (χ1n) is 9.07. The first kappa shape index (κ1) is 18.6. The van der Waals surface area contributed by atoms with Gasteiger partial charge in [0, 0.05) is 36.6 Å². The van der Waals surface area contributed by atoms with Crippen LogP contribution in [-0.4, -0.2) is 36.2 Å². The number of fused-ring (bicyclic) bond motifs is 1. The number of hydrogen-bond acceptors (Lipinski definition) is 3. The average molecular weight is 367 g/mol. The molecule has 0 aliphatic heterocycles. The molecule has 142 valence electrons. The number of aromatic amines is 1. The largest absolute Gasteiger partial charge is 0.493 e. The van der Waals surface area contributed by atoms with Crippen LogP contribution in [0.3, 0.4) is 0 Å². The third-order valence-corrected chi connectivity index (χ3v) is 4.37. The maximum absolute atomic E-state index is 12.7. The van der Waals surface area contributed by atoms with Crippen molar-refractivity contribution in [1.29, 1.82) is 0 Å². The van der Waals surface area contributed by atoms with Crippen molar-refractivity contribution in [2.24, 2.45) is 0 Å². The molecule has 0 unspecified atom stereocenters. The fourth-order valence-electron chi connectivity index (χ4n) is 2.97. The average Bonchev–Trinajstić information content (AvgIpc) is 3.15. The van der Waals surface area contributed by atoms with E-state index in [0.717, 1.165) is 16.5 Å². The fraction of sp³-hybridized carbons (Fsp3) is 0.286. The molecule has 1 aromatic heterocycles. The number of carbonyl (C=O) groups is 1. The molecule has 6 nitrogen and oxygen atoms in total. The Balaban J connectivity index is 1.71. The Morgan fingerprint density at radius 1 is 1.11 bits per heavy atom. The first-order chi connectivity index (χ1) is 13.1. The highest BCUT2D eigenvalue weighted by atomic mass is 16.5. The molecule has 0 saturated carbocycles. The van der Waals surface area contributed by atoms with Crippen molar-refractivity contribution < 1.29 is 14.3 Å². The zero-order valence-corrected chi connectivity index (χ0v) is 15.9. The van der Waals surface area contributed by atoms with Crippen LogP contribution in [0.5, 0.6) is 11.5 Å². The number of nitrogens with one attached hydrogen (secondary N) is 2. The van der Waals surface area contributed by atoms with E-state index in [1.165, 1.54) is 0 Å². The van der Waals surface area contributed by atoms with Gasteiger partial charge in [0.2, 0.25) is 0 Å². The Labute approximate surface area is 159 Å². The Morgan fingerprint density at radius 2 is 1.96 bits per heavy atom. The number of methoxy groups -OCH3 is 1. The summed E-state index contributed by atoms with van der Waals surface area (Å²) in [6, 6.07) is 13.4. The highest BCUT2D eigenvalue weighted by molar-refractivity contribution is 5.90. The summed E-state index contributed by atoms with van der Waals surface area (Å²) in [6.45, 7) is 5.58. The van der Waals surface area contributed by atoms with Crippen LogP contribution >= 0.6 is 0 Å². The summed E-state index contributed by atoms with van der Waals surface area (Å²) in [7, 11) is 1.58. The van der Waals surface area contributed by atoms with Crippen molar-refractivity contribution in [3.8, 4) is 11.5 Å². The molecular weight excluding hydrogens is 342 g/mol. The van der Waals surface area contributed by atoms with E-state index >= 15 is 0 Å². The summed E-state index contributed by atoms with van der Waals surface area (Å²) < 4.78 is 10.9. The zero-order valence-electron chi connectivity index (χ0n) is 15.9. The molecule has 2 aromatic carbocycles. The summed E-state index contributed by atoms with van der Waals surface area (Å²) in [4.78, 5) is 17.6. The molecule has 6 heteroatoms. The molecule has 3 aromatic rings. The minimum atomic E-state index is -0.155. The highest BCUT2D eigenvalue weighted by Gasteiger charge is 2.14. The number of H-pyrrole nitrogens is 1. The molecule has 0 aliphatic rings. The number of ether oxygens (including phenoxy) is 2. The SMILES string of the molecule is CCOc1ccc(NC(=O)N(CC)Cc2ccc3[nH]ccc3c2)cc1OC. The molecule has 0 fully saturated rings. The van der Waals surface area contributed by atoms with Crippen molar-refractivity contribution in [3.05, 3.63) is 54.2 Å². The summed E-state index contributed by atoms with van der Waals surface area (Å²) in [5.41, 5.74) is 2.84. The predicted octanol–water partition coefficient (Wildman–Crippen LogP) is 4.63. The van der Waals surface area contributed by atoms with E-state index in [2.05, 4.69) is 16.4 Å². The van der Waals surface area contributed by atoms with Crippen molar-refractivity contribution in [2.45, 2.75) is 20.4 Å². The Morgan fingerprint density at radius 3 is 2.70 bits per heavy atom. The molecule has 2 N–H and O–H groups in total. The zero-order chi connectivity index (χ0) is 19.2. The molecule has 0 aliphatic carbocycles. The minimum absolute atomic E-state index is 0.155. The molecular formula is C21H25N3O3. The molecule has 0 spiro atoms. The van der Waals surface area contributed by atoms with E-state index in [9.17, 15) is 4.79 Å². The summed E-state index contributed by atoms with van der Waals surface area (Å²) in [5.74, 6) is 1.25. The second kappa shape index (κ2) is 8.49. The van der Waals surface area contributed by atoms with Crippen LogP contribution in [0.4, 0.5) is 10.5 Å². The fourth-order valence-corrected chi connectivity index (χ4v) is 2.97. The maximum Gasteiger partial charge on any atom is 0.322 e. The number of amides is 2. The van der Waals surface area contributed by atoms with E-state index in [0.29, 0.717) is 36.9 Å². The molecule has 0 bridgehead atoms. The van der Waals surface area contributed by atoms with Gasteiger partial charge < -0.3 is 24.7 Å². The Bertz CT molecular complexity index is 920. The lowest BCUT2D eigenvalue weighted by molar-refractivity contribution is 0.212. The van der Waals surface area contributed by atoms with Gasteiger partial charge in [-0.1, -0.05) is 6.07 Å². The van der Waals surface area contributed by atoms with Gasteiger partial charge in [0.25, 0.3) is 0 Å². The normalized spacial score (nSPS) is 10.6. The van der Waals surface area contributed by atoms with E-state index in [-0.39, 0.29) is 6.03 Å². The third-order valence-electron chi connectivity index (χ3n) is 4.37. The lowest BCUT2D eigenvalue weighted by Gasteiger charge is -2.22. The number of rotatable bonds is 7. The van der Waals surface area contributed by atoms with Crippen molar-refractivity contribution in [1.82, 2.24) is 9.88 Å². The third kappa shape index (κ3) is 4.34. The smallest absolute Gasteiger partial charge is 0.322 e. The van der Waals surface area contributed by atoms with Gasteiger partial charge in [-0.3, -0.25) is 0 Å². The summed E-state index contributed by atoms with van der Waals surface area (Å²) >= 11 is 0. The Hall–Kier alpha value is -3.15. The lowest BCUT2D eigenvalue weighted by atomic mass is 10.1. The van der Waals surface area contributed by atoms with Gasteiger partial charge in [-0.25, -0.2) is 4.79 Å². The standard InChI is InChI=1S/C21H25N3O3/c1-4-24(14-15-6-8-18-16(12-15)10-11-22-18)21(25)23-17-7-9-19(27-5-2)20(13-17)26-3/h6-13,22H,4-5,14H2,1-3H3,(H,23,25). The number of anilines is 1. The Kier molecular flexibility index (Phi) is 5.86. The van der Waals surface area contributed by atoms with Crippen LogP contribution in [0.2, 0.25) is 0 Å². The van der Waals surface area contributed by atoms with Crippen LogP contribution in [0, 0.1) is 0 Å². The molecule has 1 heterocycles. The molecule has 27 heavy (non-hydrogen) atoms. The quantitative estimate of drug-likeness (QED) is 0.640. The predicted molar refractivity (Wildman–Crippen MR) is 108 cm³/mol. The van der Waals surface area contributed by atoms with Crippen molar-refractivity contribution >= 4 is 22.6 Å². The van der Waals surface area contributed by atoms with Gasteiger partial charge in [0.15, 0.2) is 11.5 Å². The van der Waals surface area contributed by atoms with Crippen LogP contribution in [0.25, 0.3) is 10.9 Å². The second-order valence-electron chi connectivity index (χ2n) is 6.14. The van der Waals surface area contributed by atoms with E-state index < -0.39 is 0 Å². The van der Waals surface area contributed by atoms with Crippen LogP contribution in [0.15, 0.2) is 48.7 Å². The van der Waals surface area contributed by atoms with Gasteiger partial charge in [-0.2, -0.15) is 0 Å². The van der Waals surface area contributed by atoms with Gasteiger partial charge in [0.1, 0.15) is 0 Å². The van der Waals surface area contributed by atoms with Crippen LogP contribution < -0.4 is 14.8 Å². The number of carbonyl (C=O) groups excluding carboxylic acids is 1. The number of hydrogen-bond donors (Lipinski definition) is 2. The number of nitrogens with zero attached hydrogens (tertiary/aromatic N) is 1. The first-order valence-corrected chi connectivity index (χ1v) is 9.07. The van der Waals surface area contributed by atoms with Gasteiger partial charge in [-0.15, -0.1) is 0 Å². The van der Waals surface area contributed by atoms with Crippen LogP contribution in [-0.2, 0) is 6.54 Å². The van der Waals surface area contributed by atoms with Gasteiger partial charge >= 0.3 is 6.03 Å². The second-order valence-corrected chi connectivity index (χ2v) is 6.14. The lowest BCUT2D eigenvalue weighted by Crippen LogP contribution is -2.34. The number of urea groups is 1. The van der Waals surface area contributed by atoms with E-state index in [1.807, 2.05) is 44.3 Å². The van der Waals surface area contributed by atoms with Gasteiger partial charge in [0.05, 0.1) is 13.7 Å². The van der Waals surface area contributed by atoms with Crippen molar-refractivity contribution in [2.75, 3.05) is 25.6 Å². The molecule has 0 radical (unpaired) electrons. The summed E-state index contributed by atoms with van der Waals surface area (Å²) in [5, 5.41) is 4.07. The maximum atomic E-state index is 12.7. The van der Waals surface area contributed by atoms with Crippen LogP contribution in [0.1, 0.15) is 19.4 Å². The highest BCUT2D eigenvalue weighted by Crippen LogP contribution is 2.30. The topological polar surface area (TPSA) is 66.6 Å². The van der Waals surface area contributed by atoms with Gasteiger partial charge in [-0.05, 0) is 55.1 Å². The van der Waals surface area contributed by atoms with Crippen molar-refractivity contribution in [3.63, 3.8) is 0 Å². The van der Waals surface area contributed by atoms with E-state index in [1.54, 1.807) is 24.1 Å². The molecule has 0 atom stereocenters. The monoisotopic (exact) mass is 367 g/mol.